The van der Waals surface area contributed by atoms with Crippen molar-refractivity contribution in [1.29, 1.82) is 0 Å². The minimum Gasteiger partial charge on any atom is -0.507 e. The molecular weight excluding hydrogens is 678 g/mol. The van der Waals surface area contributed by atoms with Crippen molar-refractivity contribution in [2.24, 2.45) is 23.7 Å². The summed E-state index contributed by atoms with van der Waals surface area (Å²) in [7, 11) is 1.41. The van der Waals surface area contributed by atoms with E-state index in [4.69, 9.17) is 18.9 Å². The summed E-state index contributed by atoms with van der Waals surface area (Å²) in [5.74, 6) is -9.19. The summed E-state index contributed by atoms with van der Waals surface area (Å²) < 4.78 is 23.1. The molecule has 1 amide bonds. The molecule has 14 nitrogen and oxygen atoms in total. The number of aldehydes is 1. The number of carbonyl (C=O) groups excluding carboxylic acids is 4. The number of ketones is 1. The molecule has 5 bridgehead atoms. The Labute approximate surface area is 301 Å². The number of allylic oxidation sites excluding steroid dienone is 2. The number of Topliss-reactive ketones (excluding diaryl/α,β-unsaturated/α-hetero) is 1. The molecule has 5 rings (SSSR count). The average Bonchev–Trinajstić information content (AvgIpc) is 3.36. The summed E-state index contributed by atoms with van der Waals surface area (Å²) in [5, 5.41) is 58.2. The maximum atomic E-state index is 14.0. The van der Waals surface area contributed by atoms with Crippen LogP contribution in [0.1, 0.15) is 74.7 Å². The highest BCUT2D eigenvalue weighted by Gasteiger charge is 2.50. The van der Waals surface area contributed by atoms with Crippen molar-refractivity contribution >= 4 is 40.4 Å². The summed E-state index contributed by atoms with van der Waals surface area (Å²) in [5.41, 5.74) is -1.27. The molecule has 0 spiro atoms. The Morgan fingerprint density at radius 3 is 2.19 bits per heavy atom. The van der Waals surface area contributed by atoms with E-state index in [0.717, 1.165) is 6.26 Å². The average molecular weight is 726 g/mol. The number of esters is 1. The molecule has 0 unspecified atom stereocenters. The third-order valence-corrected chi connectivity index (χ3v) is 10.2. The van der Waals surface area contributed by atoms with E-state index < -0.39 is 111 Å². The number of phenolic OH excluding ortho intramolecular Hbond substituents is 3. The molecule has 14 heteroatoms. The van der Waals surface area contributed by atoms with E-state index in [0.29, 0.717) is 0 Å². The third-order valence-electron chi connectivity index (χ3n) is 10.2. The fourth-order valence-corrected chi connectivity index (χ4v) is 6.86. The zero-order valence-electron chi connectivity index (χ0n) is 30.6. The number of benzene rings is 2. The third kappa shape index (κ3) is 7.10. The fourth-order valence-electron chi connectivity index (χ4n) is 6.86. The molecule has 3 heterocycles. The van der Waals surface area contributed by atoms with Gasteiger partial charge in [-0.2, -0.15) is 0 Å². The molecule has 52 heavy (non-hydrogen) atoms. The first-order valence-electron chi connectivity index (χ1n) is 16.9. The van der Waals surface area contributed by atoms with Crippen LogP contribution in [0.2, 0.25) is 0 Å². The van der Waals surface area contributed by atoms with Crippen LogP contribution < -0.4 is 10.1 Å². The number of fused-ring (bicyclic) bond motifs is 14. The first-order chi connectivity index (χ1) is 24.3. The number of carbonyl (C=O) groups is 4. The van der Waals surface area contributed by atoms with Crippen molar-refractivity contribution in [3.8, 4) is 23.0 Å². The molecule has 0 saturated carbocycles. The first-order valence-corrected chi connectivity index (χ1v) is 16.9. The summed E-state index contributed by atoms with van der Waals surface area (Å²) in [6, 6.07) is 0. The Morgan fingerprint density at radius 1 is 0.942 bits per heavy atom. The molecule has 282 valence electrons. The van der Waals surface area contributed by atoms with E-state index in [1.807, 2.05) is 0 Å². The lowest BCUT2D eigenvalue weighted by molar-refractivity contribution is -0.160. The van der Waals surface area contributed by atoms with Gasteiger partial charge < -0.3 is 49.8 Å². The molecule has 0 aromatic heterocycles. The van der Waals surface area contributed by atoms with E-state index in [-0.39, 0.29) is 28.7 Å². The molecule has 0 fully saturated rings. The van der Waals surface area contributed by atoms with Crippen LogP contribution in [-0.2, 0) is 23.8 Å². The lowest BCUT2D eigenvalue weighted by atomic mass is 9.78. The number of hydrogen-bond donors (Lipinski definition) is 6. The Morgan fingerprint density at radius 2 is 1.60 bits per heavy atom. The van der Waals surface area contributed by atoms with Gasteiger partial charge in [0, 0.05) is 61.2 Å². The molecule has 2 aromatic carbocycles. The number of amides is 1. The van der Waals surface area contributed by atoms with Gasteiger partial charge in [-0.05, 0) is 19.9 Å². The molecular formula is C38H47NO13. The van der Waals surface area contributed by atoms with E-state index in [1.165, 1.54) is 53.0 Å². The lowest BCUT2D eigenvalue weighted by Gasteiger charge is -2.38. The minimum absolute atomic E-state index is 0.00425. The van der Waals surface area contributed by atoms with E-state index in [2.05, 4.69) is 5.32 Å². The number of aliphatic hydroxyl groups is 2. The zero-order chi connectivity index (χ0) is 39.0. The SMILES string of the molecule is CO[C@@H]1/C=C\O[C@@]2(C)Oc3c(C)c(O)c4c(O)c(c(C=O)c(O)c4c3C2=O)NC(=O)/C(C)=C\C=C/[C@H](C)[C@H](O)[C@H](C)[C@H](O)[C@H](C)[C@H](OC(C)=O)[C@@H]1C. The summed E-state index contributed by atoms with van der Waals surface area (Å²) in [6.45, 7) is 12.2. The van der Waals surface area contributed by atoms with E-state index in [1.54, 1.807) is 33.8 Å². The number of anilines is 1. The second kappa shape index (κ2) is 15.4. The Bertz CT molecular complexity index is 1860. The molecule has 0 aliphatic carbocycles. The van der Waals surface area contributed by atoms with E-state index in [9.17, 15) is 44.7 Å². The molecule has 2 aromatic rings. The van der Waals surface area contributed by atoms with Gasteiger partial charge >= 0.3 is 11.8 Å². The second-order valence-corrected chi connectivity index (χ2v) is 13.7. The molecule has 3 aliphatic heterocycles. The van der Waals surface area contributed by atoms with Gasteiger partial charge in [-0.25, -0.2) is 0 Å². The van der Waals surface area contributed by atoms with Crippen molar-refractivity contribution in [2.75, 3.05) is 12.4 Å². The number of aromatic hydroxyl groups is 3. The normalized spacial score (nSPS) is 32.3. The van der Waals surface area contributed by atoms with Gasteiger partial charge in [-0.1, -0.05) is 45.9 Å². The number of nitrogens with one attached hydrogen (secondary N) is 1. The van der Waals surface area contributed by atoms with Gasteiger partial charge in [-0.15, -0.1) is 0 Å². The van der Waals surface area contributed by atoms with Crippen molar-refractivity contribution in [2.45, 2.75) is 85.6 Å². The van der Waals surface area contributed by atoms with Crippen LogP contribution in [0.5, 0.6) is 23.0 Å². The summed E-state index contributed by atoms with van der Waals surface area (Å²) >= 11 is 0. The van der Waals surface area contributed by atoms with Crippen LogP contribution in [0.25, 0.3) is 10.8 Å². The topological polar surface area (TPSA) is 218 Å². The van der Waals surface area contributed by atoms with Crippen molar-refractivity contribution in [3.05, 3.63) is 52.8 Å². The Hall–Kier alpha value is -4.92. The zero-order valence-corrected chi connectivity index (χ0v) is 30.6. The Balaban J connectivity index is 1.93. The second-order valence-electron chi connectivity index (χ2n) is 13.7. The summed E-state index contributed by atoms with van der Waals surface area (Å²) in [6.07, 6.45) is 3.41. The van der Waals surface area contributed by atoms with Gasteiger partial charge in [0.25, 0.3) is 11.7 Å². The largest absolute Gasteiger partial charge is 0.507 e. The highest BCUT2D eigenvalue weighted by Crippen LogP contribution is 2.55. The number of aliphatic hydroxyl groups excluding tert-OH is 2. The standard InChI is InChI=1S/C38H47NO13/c1-16-11-10-12-17(2)37(48)39-28-23(15-40)32(45)25-26(33(28)46)31(44)21(6)35-27(25)36(47)38(8,52-35)50-14-13-24(49-9)18(3)34(51-22(7)41)20(5)30(43)19(4)29(16)42/h10-16,18-20,24,29-30,34,42-46H,1-9H3,(H,39,48)/b11-10-,14-13-,17-12-/t16-,18+,19-,20-,24+,29-,30-,34+,38-/m0/s1. The maximum absolute atomic E-state index is 14.0. The van der Waals surface area contributed by atoms with Gasteiger partial charge in [0.05, 0.1) is 46.8 Å². The number of phenols is 3. The van der Waals surface area contributed by atoms with Crippen LogP contribution in [0.3, 0.4) is 0 Å². The summed E-state index contributed by atoms with van der Waals surface area (Å²) in [4.78, 5) is 51.8. The quantitative estimate of drug-likeness (QED) is 0.111. The first kappa shape index (κ1) is 39.9. The minimum atomic E-state index is -2.08. The molecule has 9 atom stereocenters. The van der Waals surface area contributed by atoms with Gasteiger partial charge in [-0.3, -0.25) is 19.2 Å². The molecule has 0 saturated heterocycles. The van der Waals surface area contributed by atoms with Crippen LogP contribution in [0, 0.1) is 30.6 Å². The Kier molecular flexibility index (Phi) is 11.8. The van der Waals surface area contributed by atoms with Crippen molar-refractivity contribution < 1.29 is 63.7 Å². The predicted octanol–water partition coefficient (Wildman–Crippen LogP) is 4.57. The highest BCUT2D eigenvalue weighted by atomic mass is 16.7. The van der Waals surface area contributed by atoms with Crippen LogP contribution in [0.4, 0.5) is 5.69 Å². The van der Waals surface area contributed by atoms with Crippen molar-refractivity contribution in [3.63, 3.8) is 0 Å². The van der Waals surface area contributed by atoms with Crippen LogP contribution in [0.15, 0.2) is 36.1 Å². The maximum Gasteiger partial charge on any atom is 0.312 e. The molecule has 6 N–H and O–H groups in total. The van der Waals surface area contributed by atoms with Crippen LogP contribution >= 0.6 is 0 Å². The number of rotatable bonds is 3. The fraction of sp³-hybridized carbons (Fsp3) is 0.474. The van der Waals surface area contributed by atoms with Gasteiger partial charge in [0.1, 0.15) is 23.4 Å². The number of ether oxygens (including phenoxy) is 4. The van der Waals surface area contributed by atoms with Gasteiger partial charge in [0.2, 0.25) is 0 Å². The van der Waals surface area contributed by atoms with E-state index >= 15 is 0 Å². The monoisotopic (exact) mass is 725 g/mol. The number of methoxy groups -OCH3 is 1. The predicted molar refractivity (Wildman–Crippen MR) is 189 cm³/mol. The van der Waals surface area contributed by atoms with Crippen molar-refractivity contribution in [1.82, 2.24) is 0 Å². The smallest absolute Gasteiger partial charge is 0.312 e. The lowest BCUT2D eigenvalue weighted by Crippen LogP contribution is -2.46. The van der Waals surface area contributed by atoms with Crippen LogP contribution in [-0.4, -0.2) is 86.8 Å². The highest BCUT2D eigenvalue weighted by molar-refractivity contribution is 6.23. The van der Waals surface area contributed by atoms with Gasteiger partial charge in [0.15, 0.2) is 12.0 Å². The molecule has 0 radical (unpaired) electrons. The molecule has 3 aliphatic rings. The number of hydrogen-bond acceptors (Lipinski definition) is 13.